The van der Waals surface area contributed by atoms with Crippen LogP contribution in [0.15, 0.2) is 40.0 Å². The van der Waals surface area contributed by atoms with Gasteiger partial charge in [-0.05, 0) is 43.2 Å². The average molecular weight is 352 g/mol. The number of H-pyrrole nitrogens is 2. The Balaban J connectivity index is 2.10. The Bertz CT molecular complexity index is 1070. The van der Waals surface area contributed by atoms with Gasteiger partial charge in [0.25, 0.3) is 10.0 Å². The number of hydrogen-bond acceptors (Lipinski definition) is 3. The molecular weight excluding hydrogens is 338 g/mol. The third-order valence-corrected chi connectivity index (χ3v) is 5.33. The summed E-state index contributed by atoms with van der Waals surface area (Å²) in [5.41, 5.74) is 2.62. The second kappa shape index (κ2) is 5.43. The zero-order valence-electron chi connectivity index (χ0n) is 12.4. The van der Waals surface area contributed by atoms with E-state index in [0.717, 1.165) is 11.1 Å². The van der Waals surface area contributed by atoms with Gasteiger partial charge in [0.2, 0.25) is 0 Å². The van der Waals surface area contributed by atoms with Gasteiger partial charge in [-0.2, -0.15) is 0 Å². The first-order chi connectivity index (χ1) is 10.8. The standard InChI is InChI=1S/C15H14ClN3O3S/c1-8-3-4-9(2)11(5-8)19-23(21,22)14-7-13-12(6-10(14)16)17-15(20)18-13/h3-7,19H,1-2H3,(H2,17,18,20). The largest absolute Gasteiger partial charge is 0.323 e. The molecule has 2 aromatic carbocycles. The first-order valence-corrected chi connectivity index (χ1v) is 8.64. The quantitative estimate of drug-likeness (QED) is 0.677. The van der Waals surface area contributed by atoms with E-state index in [2.05, 4.69) is 14.7 Å². The van der Waals surface area contributed by atoms with Crippen LogP contribution in [0.1, 0.15) is 11.1 Å². The first-order valence-electron chi connectivity index (χ1n) is 6.78. The summed E-state index contributed by atoms with van der Waals surface area (Å²) in [6, 6.07) is 8.23. The fourth-order valence-electron chi connectivity index (χ4n) is 2.29. The maximum Gasteiger partial charge on any atom is 0.323 e. The molecule has 0 bridgehead atoms. The number of aryl methyl sites for hydroxylation is 2. The number of rotatable bonds is 3. The van der Waals surface area contributed by atoms with Gasteiger partial charge in [0, 0.05) is 0 Å². The monoisotopic (exact) mass is 351 g/mol. The van der Waals surface area contributed by atoms with Crippen molar-refractivity contribution in [2.45, 2.75) is 18.7 Å². The fraction of sp³-hybridized carbons (Fsp3) is 0.133. The summed E-state index contributed by atoms with van der Waals surface area (Å²) >= 11 is 6.08. The number of anilines is 1. The Labute approximate surface area is 137 Å². The Kier molecular flexibility index (Phi) is 3.69. The highest BCUT2D eigenvalue weighted by atomic mass is 35.5. The van der Waals surface area contributed by atoms with E-state index in [9.17, 15) is 13.2 Å². The van der Waals surface area contributed by atoms with Crippen molar-refractivity contribution < 1.29 is 8.42 Å². The van der Waals surface area contributed by atoms with Gasteiger partial charge in [0.15, 0.2) is 0 Å². The molecule has 0 saturated carbocycles. The minimum absolute atomic E-state index is 0.0329. The summed E-state index contributed by atoms with van der Waals surface area (Å²) in [7, 11) is -3.88. The molecule has 3 aromatic rings. The molecular formula is C15H14ClN3O3S. The molecule has 1 heterocycles. The van der Waals surface area contributed by atoms with Crippen LogP contribution in [0.4, 0.5) is 5.69 Å². The highest BCUT2D eigenvalue weighted by Crippen LogP contribution is 2.28. The molecule has 6 nitrogen and oxygen atoms in total. The zero-order valence-corrected chi connectivity index (χ0v) is 14.0. The van der Waals surface area contributed by atoms with E-state index in [-0.39, 0.29) is 9.92 Å². The zero-order chi connectivity index (χ0) is 16.8. The lowest BCUT2D eigenvalue weighted by Crippen LogP contribution is -2.14. The summed E-state index contributed by atoms with van der Waals surface area (Å²) in [6.07, 6.45) is 0. The van der Waals surface area contributed by atoms with Gasteiger partial charge in [-0.15, -0.1) is 0 Å². The van der Waals surface area contributed by atoms with E-state index in [0.29, 0.717) is 16.7 Å². The predicted molar refractivity (Wildman–Crippen MR) is 90.7 cm³/mol. The topological polar surface area (TPSA) is 94.8 Å². The van der Waals surface area contributed by atoms with Crippen LogP contribution in [0.25, 0.3) is 11.0 Å². The van der Waals surface area contributed by atoms with Crippen LogP contribution in [0.3, 0.4) is 0 Å². The van der Waals surface area contributed by atoms with Crippen molar-refractivity contribution in [2.75, 3.05) is 4.72 Å². The molecule has 0 aliphatic carbocycles. The van der Waals surface area contributed by atoms with E-state index < -0.39 is 15.7 Å². The lowest BCUT2D eigenvalue weighted by atomic mass is 10.1. The summed E-state index contributed by atoms with van der Waals surface area (Å²) in [6.45, 7) is 3.69. The number of aromatic amines is 2. The fourth-order valence-corrected chi connectivity index (χ4v) is 3.96. The van der Waals surface area contributed by atoms with Crippen LogP contribution >= 0.6 is 11.6 Å². The molecule has 23 heavy (non-hydrogen) atoms. The van der Waals surface area contributed by atoms with E-state index in [1.165, 1.54) is 12.1 Å². The molecule has 0 unspecified atom stereocenters. The van der Waals surface area contributed by atoms with Gasteiger partial charge >= 0.3 is 5.69 Å². The van der Waals surface area contributed by atoms with Gasteiger partial charge in [-0.25, -0.2) is 13.2 Å². The third kappa shape index (κ3) is 2.97. The molecule has 120 valence electrons. The Hall–Kier alpha value is -2.25. The van der Waals surface area contributed by atoms with Gasteiger partial charge in [0.05, 0.1) is 21.7 Å². The van der Waals surface area contributed by atoms with E-state index in [1.807, 2.05) is 26.0 Å². The van der Waals surface area contributed by atoms with Crippen molar-refractivity contribution in [3.05, 3.63) is 57.0 Å². The van der Waals surface area contributed by atoms with Crippen molar-refractivity contribution >= 4 is 38.3 Å². The number of hydrogen-bond donors (Lipinski definition) is 3. The maximum absolute atomic E-state index is 12.6. The molecule has 0 radical (unpaired) electrons. The van der Waals surface area contributed by atoms with E-state index >= 15 is 0 Å². The minimum Gasteiger partial charge on any atom is -0.306 e. The van der Waals surface area contributed by atoms with Crippen LogP contribution in [0, 0.1) is 13.8 Å². The van der Waals surface area contributed by atoms with E-state index in [4.69, 9.17) is 11.6 Å². The Morgan fingerprint density at radius 2 is 1.70 bits per heavy atom. The highest BCUT2D eigenvalue weighted by Gasteiger charge is 2.20. The second-order valence-electron chi connectivity index (χ2n) is 5.33. The molecule has 0 aliphatic rings. The lowest BCUT2D eigenvalue weighted by Gasteiger charge is -2.12. The third-order valence-electron chi connectivity index (χ3n) is 3.50. The summed E-state index contributed by atoms with van der Waals surface area (Å²) in [5.74, 6) is 0. The number of halogens is 1. The SMILES string of the molecule is Cc1ccc(C)c(NS(=O)(=O)c2cc3[nH]c(=O)[nH]c3cc2Cl)c1. The number of sulfonamides is 1. The summed E-state index contributed by atoms with van der Waals surface area (Å²) < 4.78 is 27.8. The number of fused-ring (bicyclic) bond motifs is 1. The van der Waals surface area contributed by atoms with Gasteiger partial charge in [-0.3, -0.25) is 4.72 Å². The number of benzene rings is 2. The van der Waals surface area contributed by atoms with Crippen LogP contribution < -0.4 is 10.4 Å². The highest BCUT2D eigenvalue weighted by molar-refractivity contribution is 7.92. The molecule has 1 aromatic heterocycles. The van der Waals surface area contributed by atoms with Crippen molar-refractivity contribution in [3.63, 3.8) is 0 Å². The van der Waals surface area contributed by atoms with E-state index in [1.54, 1.807) is 6.07 Å². The molecule has 0 spiro atoms. The maximum atomic E-state index is 12.6. The predicted octanol–water partition coefficient (Wildman–Crippen LogP) is 2.93. The van der Waals surface area contributed by atoms with Crippen molar-refractivity contribution in [1.29, 1.82) is 0 Å². The second-order valence-corrected chi connectivity index (χ2v) is 7.39. The average Bonchev–Trinajstić information content (AvgIpc) is 2.80. The normalized spacial score (nSPS) is 11.8. The molecule has 3 N–H and O–H groups in total. The molecule has 0 saturated heterocycles. The molecule has 0 aliphatic heterocycles. The number of imidazole rings is 1. The van der Waals surface area contributed by atoms with Crippen LogP contribution in [-0.4, -0.2) is 18.4 Å². The summed E-state index contributed by atoms with van der Waals surface area (Å²) in [5, 5.41) is 0.0329. The van der Waals surface area contributed by atoms with Crippen molar-refractivity contribution in [1.82, 2.24) is 9.97 Å². The molecule has 0 atom stereocenters. The van der Waals surface area contributed by atoms with Gasteiger partial charge in [-0.1, -0.05) is 23.7 Å². The smallest absolute Gasteiger partial charge is 0.306 e. The van der Waals surface area contributed by atoms with Gasteiger partial charge in [0.1, 0.15) is 4.90 Å². The molecule has 3 rings (SSSR count). The van der Waals surface area contributed by atoms with Crippen LogP contribution in [0.5, 0.6) is 0 Å². The molecule has 0 amide bonds. The molecule has 8 heteroatoms. The Morgan fingerprint density at radius 3 is 2.39 bits per heavy atom. The van der Waals surface area contributed by atoms with Crippen LogP contribution in [0.2, 0.25) is 5.02 Å². The molecule has 0 fully saturated rings. The Morgan fingerprint density at radius 1 is 1.04 bits per heavy atom. The minimum atomic E-state index is -3.88. The summed E-state index contributed by atoms with van der Waals surface area (Å²) in [4.78, 5) is 16.3. The van der Waals surface area contributed by atoms with Crippen LogP contribution in [-0.2, 0) is 10.0 Å². The lowest BCUT2D eigenvalue weighted by molar-refractivity contribution is 0.601. The van der Waals surface area contributed by atoms with Gasteiger partial charge < -0.3 is 9.97 Å². The van der Waals surface area contributed by atoms with Crippen molar-refractivity contribution in [2.24, 2.45) is 0 Å². The van der Waals surface area contributed by atoms with Crippen molar-refractivity contribution in [3.8, 4) is 0 Å². The first kappa shape index (κ1) is 15.6. The number of nitrogens with one attached hydrogen (secondary N) is 3. The number of aromatic nitrogens is 2.